The number of nitrogens with one attached hydrogen (secondary N) is 1. The topological polar surface area (TPSA) is 253 Å². The first-order valence-corrected chi connectivity index (χ1v) is 11.9. The van der Waals surface area contributed by atoms with Gasteiger partial charge in [0.1, 0.15) is 31.0 Å². The molecule has 1 rings (SSSR count). The Hall–Kier alpha value is -1.95. The van der Waals surface area contributed by atoms with E-state index >= 15 is 0 Å². The van der Waals surface area contributed by atoms with E-state index in [0.29, 0.717) is 0 Å². The van der Waals surface area contributed by atoms with E-state index in [-0.39, 0.29) is 11.8 Å². The molecule has 1 aliphatic rings. The third kappa shape index (κ3) is 9.38. The van der Waals surface area contributed by atoms with Gasteiger partial charge in [0, 0.05) is 13.3 Å². The summed E-state index contributed by atoms with van der Waals surface area (Å²) in [4.78, 5) is 36.2. The maximum Gasteiger partial charge on any atom is 0.368 e. The fourth-order valence-corrected chi connectivity index (χ4v) is 3.37. The van der Waals surface area contributed by atoms with Crippen LogP contribution in [-0.2, 0) is 33.3 Å². The van der Waals surface area contributed by atoms with Gasteiger partial charge in [0.2, 0.25) is 5.91 Å². The molecule has 0 aromatic rings. The number of aliphatic hydroxyl groups is 5. The van der Waals surface area contributed by atoms with Crippen molar-refractivity contribution in [2.75, 3.05) is 13.4 Å². The molecule has 9 unspecified atom stereocenters. The minimum absolute atomic E-state index is 0.161. The number of hydrogen-bond acceptors (Lipinski definition) is 14. The summed E-state index contributed by atoms with van der Waals surface area (Å²) in [7, 11) is 0. The summed E-state index contributed by atoms with van der Waals surface area (Å²) in [6.07, 6.45) is -9.50. The van der Waals surface area contributed by atoms with E-state index in [1.807, 2.05) is 0 Å². The number of amides is 1. The number of ether oxygens (including phenoxy) is 4. The van der Waals surface area contributed by atoms with Crippen LogP contribution in [0.25, 0.3) is 0 Å². The predicted molar refractivity (Wildman–Crippen MR) is 125 cm³/mol. The molecule has 15 heteroatoms. The average molecular weight is 540 g/mol. The fraction of sp³-hybridized carbons (Fsp3) is 0.864. The van der Waals surface area contributed by atoms with Crippen molar-refractivity contribution >= 4 is 17.8 Å². The average Bonchev–Trinajstić information content (AvgIpc) is 2.81. The van der Waals surface area contributed by atoms with Crippen molar-refractivity contribution in [2.45, 2.75) is 95.7 Å². The van der Waals surface area contributed by atoms with E-state index < -0.39 is 92.3 Å². The maximum atomic E-state index is 12.6. The van der Waals surface area contributed by atoms with Crippen LogP contribution < -0.4 is 16.8 Å². The second kappa shape index (κ2) is 14.3. The van der Waals surface area contributed by atoms with Gasteiger partial charge in [-0.25, -0.2) is 4.79 Å². The van der Waals surface area contributed by atoms with Crippen molar-refractivity contribution in [1.82, 2.24) is 5.32 Å². The van der Waals surface area contributed by atoms with E-state index in [0.717, 1.165) is 6.92 Å². The molecular weight excluding hydrogens is 498 g/mol. The number of rotatable bonds is 13. The molecule has 10 N–H and O–H groups in total. The summed E-state index contributed by atoms with van der Waals surface area (Å²) in [6.45, 7) is 6.35. The molecule has 37 heavy (non-hydrogen) atoms. The number of hydrogen-bond donors (Lipinski definition) is 8. The summed E-state index contributed by atoms with van der Waals surface area (Å²) in [5, 5.41) is 54.6. The van der Waals surface area contributed by atoms with E-state index in [4.69, 9.17) is 30.4 Å². The van der Waals surface area contributed by atoms with Crippen molar-refractivity contribution in [3.05, 3.63) is 0 Å². The van der Waals surface area contributed by atoms with Gasteiger partial charge in [0.15, 0.2) is 13.1 Å². The van der Waals surface area contributed by atoms with Crippen LogP contribution in [0.4, 0.5) is 0 Å². The van der Waals surface area contributed by atoms with Gasteiger partial charge in [-0.3, -0.25) is 9.59 Å². The molecule has 1 fully saturated rings. The first-order valence-electron chi connectivity index (χ1n) is 11.9. The van der Waals surface area contributed by atoms with Gasteiger partial charge >= 0.3 is 11.9 Å². The van der Waals surface area contributed by atoms with Crippen LogP contribution >= 0.6 is 0 Å². The van der Waals surface area contributed by atoms with Crippen LogP contribution in [0.3, 0.4) is 0 Å². The molecule has 0 aliphatic carbocycles. The van der Waals surface area contributed by atoms with Crippen molar-refractivity contribution in [2.24, 2.45) is 23.3 Å². The highest BCUT2D eigenvalue weighted by Crippen LogP contribution is 2.31. The van der Waals surface area contributed by atoms with Crippen LogP contribution in [-0.4, -0.2) is 111 Å². The largest absolute Gasteiger partial charge is 0.462 e. The summed E-state index contributed by atoms with van der Waals surface area (Å²) < 4.78 is 20.0. The van der Waals surface area contributed by atoms with E-state index in [1.165, 1.54) is 0 Å². The molecule has 0 spiro atoms. The molecule has 0 radical (unpaired) electrons. The lowest BCUT2D eigenvalue weighted by molar-refractivity contribution is -0.302. The normalized spacial score (nSPS) is 28.2. The van der Waals surface area contributed by atoms with Gasteiger partial charge in [-0.15, -0.1) is 0 Å². The molecule has 0 saturated carbocycles. The zero-order valence-corrected chi connectivity index (χ0v) is 21.6. The highest BCUT2D eigenvalue weighted by atomic mass is 16.7. The highest BCUT2D eigenvalue weighted by Gasteiger charge is 2.54. The molecule has 1 amide bonds. The zero-order chi connectivity index (χ0) is 28.7. The number of carbonyl (C=O) groups is 3. The number of nitrogens with two attached hydrogens (primary N) is 2. The van der Waals surface area contributed by atoms with Crippen LogP contribution in [0, 0.1) is 11.8 Å². The molecule has 0 aromatic carbocycles. The molecule has 0 aromatic heterocycles. The van der Waals surface area contributed by atoms with Crippen molar-refractivity contribution in [1.29, 1.82) is 0 Å². The van der Waals surface area contributed by atoms with Gasteiger partial charge in [-0.05, 0) is 11.8 Å². The molecule has 216 valence electrons. The maximum absolute atomic E-state index is 12.6. The van der Waals surface area contributed by atoms with Gasteiger partial charge in [-0.2, -0.15) is 0 Å². The van der Waals surface area contributed by atoms with Crippen LogP contribution in [0.1, 0.15) is 41.0 Å². The number of carbonyl (C=O) groups excluding carboxylic acids is 3. The lowest BCUT2D eigenvalue weighted by atomic mass is 9.88. The monoisotopic (exact) mass is 539 g/mol. The molecular formula is C22H41N3O12. The van der Waals surface area contributed by atoms with Crippen LogP contribution in [0.5, 0.6) is 0 Å². The molecule has 15 nitrogen and oxygen atoms in total. The second-order valence-corrected chi connectivity index (χ2v) is 9.75. The van der Waals surface area contributed by atoms with E-state index in [9.17, 15) is 39.9 Å². The standard InChI is InChI=1S/C22H41N3O12/c1-9(2)14(23)19(30)34-7-13(28)17(29)18-16(25-11(5)26)12(27)6-22(33,37-18)21(32)36-8-35-20(31)15(24)10(3)4/h9-10,12-18,20,27-29,31,33H,6-8,23-24H2,1-5H3,(H,25,26). The summed E-state index contributed by atoms with van der Waals surface area (Å²) >= 11 is 0. The zero-order valence-electron chi connectivity index (χ0n) is 21.6. The SMILES string of the molecule is CC(=O)NC1C(O)CC(O)(C(=O)OCOC(O)C(N)C(C)C)OC1C(O)C(O)COC(=O)C(N)C(C)C. The Kier molecular flexibility index (Phi) is 12.8. The highest BCUT2D eigenvalue weighted by molar-refractivity contribution is 5.78. The Labute approximate surface area is 215 Å². The van der Waals surface area contributed by atoms with Gasteiger partial charge in [-0.1, -0.05) is 27.7 Å². The summed E-state index contributed by atoms with van der Waals surface area (Å²) in [5.41, 5.74) is 11.4. The number of esters is 2. The third-order valence-electron chi connectivity index (χ3n) is 5.92. The van der Waals surface area contributed by atoms with Gasteiger partial charge in [0.05, 0.1) is 18.2 Å². The minimum atomic E-state index is -2.84. The second-order valence-electron chi connectivity index (χ2n) is 9.75. The molecule has 0 bridgehead atoms. The van der Waals surface area contributed by atoms with Gasteiger partial charge in [0.25, 0.3) is 5.79 Å². The third-order valence-corrected chi connectivity index (χ3v) is 5.92. The van der Waals surface area contributed by atoms with Gasteiger partial charge < -0.3 is 61.3 Å². The summed E-state index contributed by atoms with van der Waals surface area (Å²) in [5.74, 6) is -6.20. The molecule has 9 atom stereocenters. The first kappa shape index (κ1) is 33.1. The molecule has 1 aliphatic heterocycles. The quantitative estimate of drug-likeness (QED) is 0.0831. The molecule has 1 saturated heterocycles. The first-order chi connectivity index (χ1) is 17.0. The Morgan fingerprint density at radius 1 is 1.08 bits per heavy atom. The van der Waals surface area contributed by atoms with Crippen molar-refractivity contribution in [3.63, 3.8) is 0 Å². The van der Waals surface area contributed by atoms with E-state index in [2.05, 4.69) is 5.32 Å². The fourth-order valence-electron chi connectivity index (χ4n) is 3.37. The summed E-state index contributed by atoms with van der Waals surface area (Å²) in [6, 6.07) is -3.16. The smallest absolute Gasteiger partial charge is 0.368 e. The van der Waals surface area contributed by atoms with Crippen LogP contribution in [0.2, 0.25) is 0 Å². The Morgan fingerprint density at radius 3 is 2.19 bits per heavy atom. The van der Waals surface area contributed by atoms with Crippen molar-refractivity contribution in [3.8, 4) is 0 Å². The van der Waals surface area contributed by atoms with Crippen molar-refractivity contribution < 1.29 is 58.9 Å². The lowest BCUT2D eigenvalue weighted by Gasteiger charge is -2.45. The van der Waals surface area contributed by atoms with E-state index in [1.54, 1.807) is 27.7 Å². The number of aliphatic hydroxyl groups excluding tert-OH is 4. The Morgan fingerprint density at radius 2 is 1.68 bits per heavy atom. The predicted octanol–water partition coefficient (Wildman–Crippen LogP) is -3.60. The van der Waals surface area contributed by atoms with Crippen LogP contribution in [0.15, 0.2) is 0 Å². The lowest BCUT2D eigenvalue weighted by Crippen LogP contribution is -2.67. The minimum Gasteiger partial charge on any atom is -0.462 e. The molecule has 1 heterocycles. The Balaban J connectivity index is 2.95. The Bertz CT molecular complexity index is 769.